The van der Waals surface area contributed by atoms with E-state index in [2.05, 4.69) is 23.6 Å². The fraction of sp³-hybridized carbons (Fsp3) is 0.821. The van der Waals surface area contributed by atoms with Crippen LogP contribution in [-0.2, 0) is 19.1 Å². The molecule has 0 saturated heterocycles. The molecule has 5 N–H and O–H groups in total. The molecule has 0 heterocycles. The van der Waals surface area contributed by atoms with E-state index in [1.165, 1.54) is 77.0 Å². The summed E-state index contributed by atoms with van der Waals surface area (Å²) in [6.45, 7) is 6.79. The number of unbranched alkanes of at least 4 members (excludes halogenated alkanes) is 15. The van der Waals surface area contributed by atoms with Crippen LogP contribution in [0, 0.1) is 0 Å². The SMILES string of the molecule is C=C(NC(=O)C(O)C(C)(O)C(O)C(=O)NCCCCCCCCCCCCCCCCCC)C(=O)OC. The van der Waals surface area contributed by atoms with Crippen LogP contribution in [0.5, 0.6) is 0 Å². The van der Waals surface area contributed by atoms with Crippen LogP contribution >= 0.6 is 0 Å². The van der Waals surface area contributed by atoms with Gasteiger partial charge >= 0.3 is 5.97 Å². The molecule has 0 radical (unpaired) electrons. The van der Waals surface area contributed by atoms with Gasteiger partial charge in [-0.1, -0.05) is 110 Å². The van der Waals surface area contributed by atoms with Gasteiger partial charge in [0.2, 0.25) is 0 Å². The minimum atomic E-state index is -2.49. The molecule has 9 nitrogen and oxygen atoms in total. The van der Waals surface area contributed by atoms with E-state index in [1.807, 2.05) is 5.32 Å². The number of aliphatic hydroxyl groups is 3. The number of nitrogens with one attached hydrogen (secondary N) is 2. The van der Waals surface area contributed by atoms with Crippen molar-refractivity contribution in [3.8, 4) is 0 Å². The van der Waals surface area contributed by atoms with Crippen molar-refractivity contribution in [3.63, 3.8) is 0 Å². The fourth-order valence-electron chi connectivity index (χ4n) is 4.05. The molecule has 37 heavy (non-hydrogen) atoms. The zero-order valence-corrected chi connectivity index (χ0v) is 23.4. The minimum absolute atomic E-state index is 0.311. The highest BCUT2D eigenvalue weighted by atomic mass is 16.5. The maximum Gasteiger partial charge on any atom is 0.353 e. The van der Waals surface area contributed by atoms with Crippen LogP contribution in [-0.4, -0.2) is 64.6 Å². The number of hydrogen-bond acceptors (Lipinski definition) is 7. The molecular weight excluding hydrogens is 476 g/mol. The van der Waals surface area contributed by atoms with Gasteiger partial charge in [-0.3, -0.25) is 9.59 Å². The number of amides is 2. The van der Waals surface area contributed by atoms with E-state index in [-0.39, 0.29) is 0 Å². The van der Waals surface area contributed by atoms with Crippen LogP contribution in [0.25, 0.3) is 0 Å². The Morgan fingerprint density at radius 2 is 1.14 bits per heavy atom. The Morgan fingerprint density at radius 3 is 1.54 bits per heavy atom. The number of esters is 1. The summed E-state index contributed by atoms with van der Waals surface area (Å²) in [6, 6.07) is 0. The smallest absolute Gasteiger partial charge is 0.353 e. The number of methoxy groups -OCH3 is 1. The van der Waals surface area contributed by atoms with E-state index in [0.717, 1.165) is 39.7 Å². The second kappa shape index (κ2) is 21.0. The molecule has 0 aliphatic heterocycles. The van der Waals surface area contributed by atoms with Crippen molar-refractivity contribution in [2.75, 3.05) is 13.7 Å². The number of carbonyl (C=O) groups excluding carboxylic acids is 3. The number of hydrogen-bond donors (Lipinski definition) is 5. The first-order chi connectivity index (χ1) is 17.6. The summed E-state index contributed by atoms with van der Waals surface area (Å²) < 4.78 is 4.38. The molecule has 0 saturated carbocycles. The highest BCUT2D eigenvalue weighted by Crippen LogP contribution is 2.17. The fourth-order valence-corrected chi connectivity index (χ4v) is 4.05. The number of ether oxygens (including phenoxy) is 1. The lowest BCUT2D eigenvalue weighted by Crippen LogP contribution is -2.60. The quantitative estimate of drug-likeness (QED) is 0.0773. The van der Waals surface area contributed by atoms with E-state index < -0.39 is 41.3 Å². The third-order valence-electron chi connectivity index (χ3n) is 6.64. The van der Waals surface area contributed by atoms with Crippen LogP contribution < -0.4 is 10.6 Å². The van der Waals surface area contributed by atoms with Crippen LogP contribution in [0.2, 0.25) is 0 Å². The van der Waals surface area contributed by atoms with Gasteiger partial charge in [-0.05, 0) is 13.3 Å². The molecule has 216 valence electrons. The monoisotopic (exact) mass is 528 g/mol. The lowest BCUT2D eigenvalue weighted by atomic mass is 9.91. The summed E-state index contributed by atoms with van der Waals surface area (Å²) in [7, 11) is 1.08. The van der Waals surface area contributed by atoms with Crippen LogP contribution in [0.4, 0.5) is 0 Å². The van der Waals surface area contributed by atoms with Crippen LogP contribution in [0.3, 0.4) is 0 Å². The highest BCUT2D eigenvalue weighted by molar-refractivity contribution is 5.95. The minimum Gasteiger partial charge on any atom is -0.464 e. The largest absolute Gasteiger partial charge is 0.464 e. The lowest BCUT2D eigenvalue weighted by Gasteiger charge is -2.31. The molecule has 2 amide bonds. The Bertz CT molecular complexity index is 667. The predicted molar refractivity (Wildman–Crippen MR) is 144 cm³/mol. The van der Waals surface area contributed by atoms with Gasteiger partial charge in [0.15, 0.2) is 12.2 Å². The van der Waals surface area contributed by atoms with E-state index in [9.17, 15) is 29.7 Å². The van der Waals surface area contributed by atoms with Crippen molar-refractivity contribution in [2.45, 2.75) is 134 Å². The Hall–Kier alpha value is -1.97. The van der Waals surface area contributed by atoms with E-state index in [0.29, 0.717) is 6.54 Å². The summed E-state index contributed by atoms with van der Waals surface area (Å²) in [5.41, 5.74) is -2.94. The van der Waals surface area contributed by atoms with Crippen molar-refractivity contribution in [1.82, 2.24) is 10.6 Å². The Morgan fingerprint density at radius 1 is 0.757 bits per heavy atom. The maximum atomic E-state index is 12.2. The Balaban J connectivity index is 3.88. The first-order valence-corrected chi connectivity index (χ1v) is 14.0. The van der Waals surface area contributed by atoms with E-state index in [4.69, 9.17) is 0 Å². The van der Waals surface area contributed by atoms with Gasteiger partial charge in [0.05, 0.1) is 7.11 Å². The van der Waals surface area contributed by atoms with E-state index >= 15 is 0 Å². The van der Waals surface area contributed by atoms with Gasteiger partial charge in [-0.15, -0.1) is 0 Å². The number of aliphatic hydroxyl groups excluding tert-OH is 2. The number of carbonyl (C=O) groups is 3. The van der Waals surface area contributed by atoms with Crippen molar-refractivity contribution in [1.29, 1.82) is 0 Å². The zero-order chi connectivity index (χ0) is 28.1. The standard InChI is InChI=1S/C28H52N2O7/c1-5-6-7-8-9-10-11-12-13-14-15-16-17-18-19-20-21-29-25(33)23(31)28(3,36)24(32)26(34)30-22(2)27(35)37-4/h23-24,31-32,36H,2,5-21H2,1,3-4H3,(H,29,33)(H,30,34). The van der Waals surface area contributed by atoms with Gasteiger partial charge in [-0.2, -0.15) is 0 Å². The van der Waals surface area contributed by atoms with Gasteiger partial charge in [0.1, 0.15) is 11.3 Å². The molecule has 3 unspecified atom stereocenters. The summed E-state index contributed by atoms with van der Waals surface area (Å²) >= 11 is 0. The summed E-state index contributed by atoms with van der Waals surface area (Å²) in [6.07, 6.45) is 15.6. The molecule has 0 fully saturated rings. The first kappa shape index (κ1) is 35.0. The normalized spacial score (nSPS) is 14.3. The second-order valence-electron chi connectivity index (χ2n) is 10.1. The molecule has 0 aromatic carbocycles. The summed E-state index contributed by atoms with van der Waals surface area (Å²) in [5.74, 6) is -3.04. The molecule has 0 aliphatic carbocycles. The van der Waals surface area contributed by atoms with Crippen LogP contribution in [0.1, 0.15) is 117 Å². The van der Waals surface area contributed by atoms with Crippen molar-refractivity contribution in [2.24, 2.45) is 0 Å². The van der Waals surface area contributed by atoms with Crippen molar-refractivity contribution >= 4 is 17.8 Å². The Kier molecular flexibility index (Phi) is 19.9. The predicted octanol–water partition coefficient (Wildman–Crippen LogP) is 3.64. The van der Waals surface area contributed by atoms with Crippen molar-refractivity contribution < 1.29 is 34.4 Å². The molecule has 0 aromatic heterocycles. The van der Waals surface area contributed by atoms with Gasteiger partial charge in [0.25, 0.3) is 11.8 Å². The molecule has 0 aromatic rings. The topological polar surface area (TPSA) is 145 Å². The second-order valence-corrected chi connectivity index (χ2v) is 10.1. The molecule has 9 heteroatoms. The third-order valence-corrected chi connectivity index (χ3v) is 6.64. The Labute approximate surface area is 223 Å². The first-order valence-electron chi connectivity index (χ1n) is 14.0. The molecule has 0 bridgehead atoms. The van der Waals surface area contributed by atoms with Crippen molar-refractivity contribution in [3.05, 3.63) is 12.3 Å². The average molecular weight is 529 g/mol. The summed E-state index contributed by atoms with van der Waals surface area (Å²) in [4.78, 5) is 35.5. The molecule has 0 spiro atoms. The zero-order valence-electron chi connectivity index (χ0n) is 23.4. The summed E-state index contributed by atoms with van der Waals surface area (Å²) in [5, 5.41) is 35.1. The number of rotatable bonds is 23. The third kappa shape index (κ3) is 15.8. The molecular formula is C28H52N2O7. The van der Waals surface area contributed by atoms with Gasteiger partial charge in [-0.25, -0.2) is 4.79 Å². The van der Waals surface area contributed by atoms with E-state index in [1.54, 1.807) is 0 Å². The average Bonchev–Trinajstić information content (AvgIpc) is 2.88. The lowest BCUT2D eigenvalue weighted by molar-refractivity contribution is -0.169. The molecule has 0 rings (SSSR count). The van der Waals surface area contributed by atoms with Crippen LogP contribution in [0.15, 0.2) is 12.3 Å². The molecule has 3 atom stereocenters. The highest BCUT2D eigenvalue weighted by Gasteiger charge is 2.46. The molecule has 0 aliphatic rings. The van der Waals surface area contributed by atoms with Gasteiger partial charge < -0.3 is 30.7 Å². The van der Waals surface area contributed by atoms with Gasteiger partial charge in [0, 0.05) is 6.54 Å². The maximum absolute atomic E-state index is 12.2.